The maximum absolute atomic E-state index is 13.3. The Morgan fingerprint density at radius 3 is 0.979 bits per heavy atom. The maximum Gasteiger partial charge on any atom is 0.345 e. The van der Waals surface area contributed by atoms with Gasteiger partial charge in [0.2, 0.25) is 0 Å². The topological polar surface area (TPSA) is 105 Å². The Morgan fingerprint density at radius 2 is 0.660 bits per heavy atom. The van der Waals surface area contributed by atoms with Crippen LogP contribution in [0, 0.1) is 41.5 Å². The SMILES string of the molecule is Cc1cc(C)c2c(c1)/C(=C1\C(=O)Oc3c(C)cc(Cc4cc(C)c5c(c4)/C(=C4\C(=O)Oc6c(C)cc(C)cc64)C(=O)O5)cc31)C(=O)O2. The first-order valence-corrected chi connectivity index (χ1v) is 15.3. The molecule has 0 spiro atoms. The number of benzene rings is 4. The summed E-state index contributed by atoms with van der Waals surface area (Å²) in [7, 11) is 0. The molecule has 8 nitrogen and oxygen atoms in total. The van der Waals surface area contributed by atoms with Gasteiger partial charge in [0.15, 0.2) is 0 Å². The second-order valence-corrected chi connectivity index (χ2v) is 12.7. The van der Waals surface area contributed by atoms with Crippen LogP contribution in [0.5, 0.6) is 23.0 Å². The van der Waals surface area contributed by atoms with E-state index in [0.717, 1.165) is 44.5 Å². The highest BCUT2D eigenvalue weighted by Gasteiger charge is 2.41. The molecule has 0 aliphatic carbocycles. The predicted octanol–water partition coefficient (Wildman–Crippen LogP) is 6.63. The Kier molecular flexibility index (Phi) is 6.02. The van der Waals surface area contributed by atoms with E-state index in [1.807, 2.05) is 90.1 Å². The summed E-state index contributed by atoms with van der Waals surface area (Å²) in [6.45, 7) is 11.3. The molecule has 0 bridgehead atoms. The number of esters is 4. The summed E-state index contributed by atoms with van der Waals surface area (Å²) in [5, 5.41) is 0. The molecular weight excluding hydrogens is 596 g/mol. The molecule has 4 aliphatic rings. The fourth-order valence-electron chi connectivity index (χ4n) is 7.29. The normalized spacial score (nSPS) is 18.9. The highest BCUT2D eigenvalue weighted by Crippen LogP contribution is 2.49. The van der Waals surface area contributed by atoms with E-state index in [0.29, 0.717) is 51.7 Å². The number of hydrogen-bond donors (Lipinski definition) is 0. The van der Waals surface area contributed by atoms with Crippen molar-refractivity contribution in [3.8, 4) is 23.0 Å². The highest BCUT2D eigenvalue weighted by molar-refractivity contribution is 6.42. The van der Waals surface area contributed by atoms with Crippen LogP contribution in [0.4, 0.5) is 0 Å². The van der Waals surface area contributed by atoms with Gasteiger partial charge in [0.1, 0.15) is 23.0 Å². The molecule has 8 heteroatoms. The summed E-state index contributed by atoms with van der Waals surface area (Å²) < 4.78 is 22.6. The average molecular weight is 625 g/mol. The lowest BCUT2D eigenvalue weighted by Crippen LogP contribution is -2.08. The van der Waals surface area contributed by atoms with Crippen molar-refractivity contribution in [1.29, 1.82) is 0 Å². The molecule has 0 radical (unpaired) electrons. The predicted molar refractivity (Wildman–Crippen MR) is 173 cm³/mol. The zero-order valence-corrected chi connectivity index (χ0v) is 26.6. The first-order valence-electron chi connectivity index (χ1n) is 15.3. The van der Waals surface area contributed by atoms with Gasteiger partial charge >= 0.3 is 23.9 Å². The molecule has 0 saturated carbocycles. The van der Waals surface area contributed by atoms with E-state index in [1.54, 1.807) is 0 Å². The number of carbonyl (C=O) groups excluding carboxylic acids is 4. The van der Waals surface area contributed by atoms with Crippen molar-refractivity contribution in [2.75, 3.05) is 0 Å². The van der Waals surface area contributed by atoms with E-state index in [4.69, 9.17) is 18.9 Å². The molecule has 0 N–H and O–H groups in total. The summed E-state index contributed by atoms with van der Waals surface area (Å²) in [6.07, 6.45) is 0.425. The van der Waals surface area contributed by atoms with Gasteiger partial charge in [-0.2, -0.15) is 0 Å². The molecule has 8 rings (SSSR count). The minimum atomic E-state index is -0.603. The van der Waals surface area contributed by atoms with Crippen molar-refractivity contribution in [2.24, 2.45) is 0 Å². The van der Waals surface area contributed by atoms with E-state index in [9.17, 15) is 19.2 Å². The first-order chi connectivity index (χ1) is 22.4. The number of hydrogen-bond acceptors (Lipinski definition) is 8. The van der Waals surface area contributed by atoms with E-state index >= 15 is 0 Å². The number of aryl methyl sites for hydroxylation is 6. The van der Waals surface area contributed by atoms with Crippen molar-refractivity contribution in [2.45, 2.75) is 48.0 Å². The van der Waals surface area contributed by atoms with Crippen LogP contribution < -0.4 is 18.9 Å². The van der Waals surface area contributed by atoms with Crippen molar-refractivity contribution < 1.29 is 38.1 Å². The van der Waals surface area contributed by atoms with E-state index in [-0.39, 0.29) is 22.3 Å². The standard InChI is InChI=1S/C39H28O8/c1-16-7-18(3)32-24(9-16)28(36(40)44-32)30-26-14-22(11-20(5)34(26)46-38(30)42)13-23-12-21(6)35-27(15-23)31(39(43)47-35)29-25-10-17(2)8-19(4)33(25)45-37(29)41/h7-12,14-15H,13H2,1-6H3/b30-28+,31-29+. The lowest BCUT2D eigenvalue weighted by Gasteiger charge is -2.11. The van der Waals surface area contributed by atoms with Gasteiger partial charge in [-0.15, -0.1) is 0 Å². The molecule has 4 aromatic rings. The van der Waals surface area contributed by atoms with Gasteiger partial charge < -0.3 is 18.9 Å². The number of rotatable bonds is 2. The minimum Gasteiger partial charge on any atom is -0.422 e. The monoisotopic (exact) mass is 624 g/mol. The van der Waals surface area contributed by atoms with Crippen LogP contribution in [0.25, 0.3) is 22.3 Å². The van der Waals surface area contributed by atoms with Gasteiger partial charge in [-0.25, -0.2) is 19.2 Å². The third-order valence-electron chi connectivity index (χ3n) is 9.09. The summed E-state index contributed by atoms with van der Waals surface area (Å²) >= 11 is 0. The molecule has 0 amide bonds. The second kappa shape index (κ2) is 9.87. The summed E-state index contributed by atoms with van der Waals surface area (Å²) in [4.78, 5) is 53.0. The zero-order chi connectivity index (χ0) is 33.0. The van der Waals surface area contributed by atoms with Crippen LogP contribution >= 0.6 is 0 Å². The Labute approximate surface area is 270 Å². The third kappa shape index (κ3) is 4.21. The van der Waals surface area contributed by atoms with Crippen molar-refractivity contribution >= 4 is 46.2 Å². The molecule has 0 atom stereocenters. The van der Waals surface area contributed by atoms with Crippen LogP contribution in [0.2, 0.25) is 0 Å². The molecule has 0 fully saturated rings. The van der Waals surface area contributed by atoms with Gasteiger partial charge in [-0.05, 0) is 117 Å². The van der Waals surface area contributed by atoms with Crippen molar-refractivity contribution in [3.63, 3.8) is 0 Å². The van der Waals surface area contributed by atoms with E-state index in [1.165, 1.54) is 0 Å². The van der Waals surface area contributed by atoms with Gasteiger partial charge in [-0.3, -0.25) is 0 Å². The first kappa shape index (κ1) is 28.7. The van der Waals surface area contributed by atoms with Crippen LogP contribution in [-0.2, 0) is 25.6 Å². The molecule has 4 aliphatic heterocycles. The summed E-state index contributed by atoms with van der Waals surface area (Å²) in [5.41, 5.74) is 9.66. The summed E-state index contributed by atoms with van der Waals surface area (Å²) in [6, 6.07) is 15.2. The van der Waals surface area contributed by atoms with Gasteiger partial charge in [0, 0.05) is 22.3 Å². The fourth-order valence-corrected chi connectivity index (χ4v) is 7.29. The number of ether oxygens (including phenoxy) is 4. The van der Waals surface area contributed by atoms with E-state index in [2.05, 4.69) is 0 Å². The second-order valence-electron chi connectivity index (χ2n) is 12.7. The smallest absolute Gasteiger partial charge is 0.345 e. The van der Waals surface area contributed by atoms with Gasteiger partial charge in [-0.1, -0.05) is 24.3 Å². The fraction of sp³-hybridized carbons (Fsp3) is 0.179. The zero-order valence-electron chi connectivity index (χ0n) is 26.6. The average Bonchev–Trinajstić information content (AvgIpc) is 3.69. The maximum atomic E-state index is 13.3. The molecular formula is C39H28O8. The Balaban J connectivity index is 1.24. The lowest BCUT2D eigenvalue weighted by atomic mass is 9.90. The van der Waals surface area contributed by atoms with Crippen molar-refractivity contribution in [3.05, 3.63) is 115 Å². The van der Waals surface area contributed by atoms with Crippen LogP contribution in [0.15, 0.2) is 48.5 Å². The molecule has 0 unspecified atom stereocenters. The van der Waals surface area contributed by atoms with E-state index < -0.39 is 23.9 Å². The van der Waals surface area contributed by atoms with Crippen LogP contribution in [0.1, 0.15) is 66.8 Å². The third-order valence-corrected chi connectivity index (χ3v) is 9.09. The summed E-state index contributed by atoms with van der Waals surface area (Å²) in [5.74, 6) is -0.665. The molecule has 47 heavy (non-hydrogen) atoms. The lowest BCUT2D eigenvalue weighted by molar-refractivity contribution is -0.129. The molecule has 0 saturated heterocycles. The Bertz CT molecular complexity index is 2140. The molecule has 4 aromatic carbocycles. The van der Waals surface area contributed by atoms with Gasteiger partial charge in [0.05, 0.1) is 22.3 Å². The molecule has 232 valence electrons. The Hall–Kier alpha value is -5.76. The number of fused-ring (bicyclic) bond motifs is 4. The van der Waals surface area contributed by atoms with Gasteiger partial charge in [0.25, 0.3) is 0 Å². The molecule has 0 aromatic heterocycles. The van der Waals surface area contributed by atoms with Crippen molar-refractivity contribution in [1.82, 2.24) is 0 Å². The minimum absolute atomic E-state index is 0.179. The largest absolute Gasteiger partial charge is 0.422 e. The van der Waals surface area contributed by atoms with Crippen LogP contribution in [-0.4, -0.2) is 23.9 Å². The van der Waals surface area contributed by atoms with Crippen LogP contribution in [0.3, 0.4) is 0 Å². The number of carbonyl (C=O) groups is 4. The Morgan fingerprint density at radius 1 is 0.383 bits per heavy atom. The quantitative estimate of drug-likeness (QED) is 0.139. The highest BCUT2D eigenvalue weighted by atomic mass is 16.6. The molecule has 4 heterocycles.